The monoisotopic (exact) mass is 537 g/mol. The highest BCUT2D eigenvalue weighted by Gasteiger charge is 2.36. The third-order valence-electron chi connectivity index (χ3n) is 7.50. The van der Waals surface area contributed by atoms with E-state index in [4.69, 9.17) is 21.1 Å². The Morgan fingerprint density at radius 2 is 1.97 bits per heavy atom. The summed E-state index contributed by atoms with van der Waals surface area (Å²) in [6, 6.07) is 8.87. The first-order chi connectivity index (χ1) is 18.5. The maximum absolute atomic E-state index is 13.6. The molecular weight excluding hydrogens is 509 g/mol. The lowest BCUT2D eigenvalue weighted by molar-refractivity contribution is -0.112. The summed E-state index contributed by atoms with van der Waals surface area (Å²) in [5.74, 6) is 0.341. The van der Waals surface area contributed by atoms with Crippen molar-refractivity contribution in [2.75, 3.05) is 30.4 Å². The van der Waals surface area contributed by atoms with Crippen molar-refractivity contribution < 1.29 is 18.7 Å². The van der Waals surface area contributed by atoms with Crippen LogP contribution in [0.2, 0.25) is 5.02 Å². The van der Waals surface area contributed by atoms with E-state index in [1.54, 1.807) is 12.1 Å². The molecule has 2 atom stereocenters. The normalized spacial score (nSPS) is 21.5. The van der Waals surface area contributed by atoms with Crippen LogP contribution < -0.4 is 15.4 Å². The van der Waals surface area contributed by atoms with Crippen LogP contribution >= 0.6 is 11.6 Å². The van der Waals surface area contributed by atoms with E-state index in [9.17, 15) is 9.18 Å². The minimum absolute atomic E-state index is 0.00868. The zero-order valence-electron chi connectivity index (χ0n) is 20.8. The molecule has 1 amide bonds. The molecule has 6 rings (SSSR count). The van der Waals surface area contributed by atoms with Gasteiger partial charge in [-0.2, -0.15) is 0 Å². The Morgan fingerprint density at radius 3 is 2.71 bits per heavy atom. The number of nitrogens with one attached hydrogen (secondary N) is 2. The predicted molar refractivity (Wildman–Crippen MR) is 145 cm³/mol. The molecule has 8 nitrogen and oxygen atoms in total. The number of fused-ring (bicyclic) bond motifs is 3. The zero-order valence-corrected chi connectivity index (χ0v) is 21.6. The molecule has 2 N–H and O–H groups in total. The molecule has 2 unspecified atom stereocenters. The summed E-state index contributed by atoms with van der Waals surface area (Å²) >= 11 is 5.95. The van der Waals surface area contributed by atoms with Gasteiger partial charge in [-0.3, -0.25) is 9.69 Å². The maximum Gasteiger partial charge on any atom is 0.248 e. The number of carbonyl (C=O) groups excluding carboxylic acids is 1. The van der Waals surface area contributed by atoms with E-state index in [-0.39, 0.29) is 17.0 Å². The molecule has 38 heavy (non-hydrogen) atoms. The van der Waals surface area contributed by atoms with Gasteiger partial charge in [0.05, 0.1) is 35.5 Å². The molecule has 2 bridgehead atoms. The second-order valence-electron chi connectivity index (χ2n) is 10.0. The summed E-state index contributed by atoms with van der Waals surface area (Å²) < 4.78 is 25.5. The number of amides is 1. The van der Waals surface area contributed by atoms with Gasteiger partial charge in [-0.15, -0.1) is 0 Å². The van der Waals surface area contributed by atoms with Crippen LogP contribution in [0.25, 0.3) is 10.9 Å². The summed E-state index contributed by atoms with van der Waals surface area (Å²) in [4.78, 5) is 24.1. The smallest absolute Gasteiger partial charge is 0.248 e. The number of benzene rings is 2. The van der Waals surface area contributed by atoms with Gasteiger partial charge in [0.25, 0.3) is 0 Å². The summed E-state index contributed by atoms with van der Waals surface area (Å²) in [5.41, 5.74) is 1.78. The number of anilines is 3. The fourth-order valence-corrected chi connectivity index (χ4v) is 5.40. The molecule has 2 aliphatic heterocycles. The number of halogens is 2. The van der Waals surface area contributed by atoms with Gasteiger partial charge in [0.1, 0.15) is 23.7 Å². The molecule has 3 heterocycles. The number of hydrogen-bond donors (Lipinski definition) is 2. The first-order valence-electron chi connectivity index (χ1n) is 13.0. The number of nitrogens with zero attached hydrogens (tertiary/aromatic N) is 3. The van der Waals surface area contributed by atoms with Gasteiger partial charge in [0.2, 0.25) is 5.91 Å². The molecule has 3 fully saturated rings. The summed E-state index contributed by atoms with van der Waals surface area (Å²) in [7, 11) is 0. The van der Waals surface area contributed by atoms with E-state index >= 15 is 0 Å². The van der Waals surface area contributed by atoms with Crippen LogP contribution in [-0.4, -0.2) is 58.7 Å². The number of carbonyl (C=O) groups is 1. The van der Waals surface area contributed by atoms with E-state index in [1.165, 1.54) is 18.5 Å². The molecule has 2 aromatic carbocycles. The van der Waals surface area contributed by atoms with E-state index in [1.807, 2.05) is 18.2 Å². The highest BCUT2D eigenvalue weighted by atomic mass is 35.5. The van der Waals surface area contributed by atoms with Crippen molar-refractivity contribution in [1.29, 1.82) is 0 Å². The lowest BCUT2D eigenvalue weighted by atomic mass is 9.96. The van der Waals surface area contributed by atoms with Gasteiger partial charge in [0, 0.05) is 41.8 Å². The van der Waals surface area contributed by atoms with E-state index in [0.29, 0.717) is 45.9 Å². The standard InChI is InChI=1S/C28H29ClFN5O3/c29-22-11-17(6-9-23(22)30)33-28-21-12-25(26(38-20-3-1-4-20)13-24(21)31-16-32-28)34-27(36)5-2-10-35-18-7-8-19(35)15-37-14-18/h2,5-6,9,11-13,16,18-20H,1,3-4,7-8,10,14-15H2,(H,34,36)(H,31,32,33)/b5-2+. The minimum Gasteiger partial charge on any atom is -0.488 e. The second-order valence-corrected chi connectivity index (χ2v) is 10.4. The van der Waals surface area contributed by atoms with Gasteiger partial charge < -0.3 is 20.1 Å². The minimum atomic E-state index is -0.498. The van der Waals surface area contributed by atoms with Crippen LogP contribution in [0.4, 0.5) is 21.6 Å². The number of aromatic nitrogens is 2. The van der Waals surface area contributed by atoms with Crippen LogP contribution in [0.5, 0.6) is 5.75 Å². The summed E-state index contributed by atoms with van der Waals surface area (Å²) in [6.45, 7) is 2.24. The van der Waals surface area contributed by atoms with Crippen LogP contribution in [0.3, 0.4) is 0 Å². The highest BCUT2D eigenvalue weighted by Crippen LogP contribution is 2.36. The van der Waals surface area contributed by atoms with E-state index in [0.717, 1.165) is 51.9 Å². The average molecular weight is 538 g/mol. The van der Waals surface area contributed by atoms with Gasteiger partial charge in [-0.05, 0) is 56.4 Å². The molecular formula is C28H29ClFN5O3. The van der Waals surface area contributed by atoms with Gasteiger partial charge in [-0.25, -0.2) is 14.4 Å². The van der Waals surface area contributed by atoms with Crippen molar-refractivity contribution in [3.05, 3.63) is 59.7 Å². The molecule has 1 aliphatic carbocycles. The Balaban J connectivity index is 1.24. The number of ether oxygens (including phenoxy) is 2. The number of morpholine rings is 1. The quantitative estimate of drug-likeness (QED) is 0.369. The van der Waals surface area contributed by atoms with Crippen molar-refractivity contribution >= 4 is 45.6 Å². The molecule has 198 valence electrons. The van der Waals surface area contributed by atoms with Gasteiger partial charge in [-0.1, -0.05) is 17.7 Å². The van der Waals surface area contributed by atoms with Gasteiger partial charge >= 0.3 is 0 Å². The molecule has 0 radical (unpaired) electrons. The van der Waals surface area contributed by atoms with Gasteiger partial charge in [0.15, 0.2) is 0 Å². The Bertz CT molecular complexity index is 1370. The zero-order chi connectivity index (χ0) is 26.1. The topological polar surface area (TPSA) is 88.6 Å². The molecule has 3 aromatic rings. The molecule has 10 heteroatoms. The van der Waals surface area contributed by atoms with Crippen LogP contribution in [0.1, 0.15) is 32.1 Å². The maximum atomic E-state index is 13.6. The third-order valence-corrected chi connectivity index (χ3v) is 7.79. The third kappa shape index (κ3) is 5.32. The lowest BCUT2D eigenvalue weighted by Crippen LogP contribution is -2.45. The van der Waals surface area contributed by atoms with Crippen molar-refractivity contribution in [2.24, 2.45) is 0 Å². The largest absolute Gasteiger partial charge is 0.488 e. The molecule has 1 saturated carbocycles. The van der Waals surface area contributed by atoms with Crippen molar-refractivity contribution in [3.8, 4) is 5.75 Å². The molecule has 0 spiro atoms. The fraction of sp³-hybridized carbons (Fsp3) is 0.393. The number of rotatable bonds is 8. The molecule has 2 saturated heterocycles. The summed E-state index contributed by atoms with van der Waals surface area (Å²) in [5, 5.41) is 6.86. The van der Waals surface area contributed by atoms with Crippen LogP contribution in [0, 0.1) is 5.82 Å². The number of hydrogen-bond acceptors (Lipinski definition) is 7. The summed E-state index contributed by atoms with van der Waals surface area (Å²) in [6.07, 6.45) is 10.4. The van der Waals surface area contributed by atoms with Crippen molar-refractivity contribution in [3.63, 3.8) is 0 Å². The Labute approximate surface area is 225 Å². The fourth-order valence-electron chi connectivity index (χ4n) is 5.22. The Hall–Kier alpha value is -3.27. The van der Waals surface area contributed by atoms with Crippen molar-refractivity contribution in [2.45, 2.75) is 50.3 Å². The predicted octanol–water partition coefficient (Wildman–Crippen LogP) is 5.46. The second kappa shape index (κ2) is 10.8. The highest BCUT2D eigenvalue weighted by molar-refractivity contribution is 6.31. The molecule has 1 aromatic heterocycles. The molecule has 3 aliphatic rings. The van der Waals surface area contributed by atoms with E-state index in [2.05, 4.69) is 25.5 Å². The lowest BCUT2D eigenvalue weighted by Gasteiger charge is -2.33. The van der Waals surface area contributed by atoms with Crippen LogP contribution in [-0.2, 0) is 9.53 Å². The first-order valence-corrected chi connectivity index (χ1v) is 13.4. The Morgan fingerprint density at radius 1 is 1.16 bits per heavy atom. The van der Waals surface area contributed by atoms with Crippen molar-refractivity contribution in [1.82, 2.24) is 14.9 Å². The first kappa shape index (κ1) is 25.0. The van der Waals surface area contributed by atoms with E-state index < -0.39 is 5.82 Å². The Kier molecular flexibility index (Phi) is 7.14. The van der Waals surface area contributed by atoms with Crippen LogP contribution in [0.15, 0.2) is 48.8 Å². The SMILES string of the molecule is O=C(/C=C/CN1C2CCC1COC2)Nc1cc2c(Nc3ccc(F)c(Cl)c3)ncnc2cc1OC1CCC1. The average Bonchev–Trinajstić information content (AvgIpc) is 3.09.